The Morgan fingerprint density at radius 1 is 1.47 bits per heavy atom. The molecule has 1 aromatic rings. The van der Waals surface area contributed by atoms with E-state index in [1.165, 1.54) is 25.3 Å². The molecule has 3 N–H and O–H groups in total. The molecule has 0 aliphatic heterocycles. The maximum Gasteiger partial charge on any atom is 0.339 e. The number of halogens is 1. The Kier molecular flexibility index (Phi) is 5.74. The number of nitrogens with one attached hydrogen (secondary N) is 1. The van der Waals surface area contributed by atoms with Gasteiger partial charge in [-0.25, -0.2) is 17.9 Å². The molecule has 0 radical (unpaired) electrons. The first-order valence-electron chi connectivity index (χ1n) is 5.50. The van der Waals surface area contributed by atoms with Crippen molar-refractivity contribution in [1.29, 1.82) is 0 Å². The van der Waals surface area contributed by atoms with E-state index in [2.05, 4.69) is 9.46 Å². The quantitative estimate of drug-likeness (QED) is 0.597. The predicted molar refractivity (Wildman–Crippen MR) is 71.7 cm³/mol. The van der Waals surface area contributed by atoms with Crippen molar-refractivity contribution in [2.45, 2.75) is 11.3 Å². The topological polar surface area (TPSA) is 98.5 Å². The molecule has 0 heterocycles. The summed E-state index contributed by atoms with van der Waals surface area (Å²) in [5, 5.41) is 0.0218. The van der Waals surface area contributed by atoms with Crippen LogP contribution in [0.25, 0.3) is 0 Å². The fourth-order valence-corrected chi connectivity index (χ4v) is 2.75. The van der Waals surface area contributed by atoms with Crippen LogP contribution in [0.4, 0.5) is 0 Å². The lowest BCUT2D eigenvalue weighted by Gasteiger charge is -2.08. The second-order valence-electron chi connectivity index (χ2n) is 3.67. The standard InChI is InChI=1S/C11H15ClN2O4S/c1-18-11(15)9-4-3-8(7-10(9)12)19(16,17)14-6-2-5-13/h3-4,7,14H,2,5-6,13H2,1H3. The van der Waals surface area contributed by atoms with Crippen molar-refractivity contribution in [3.05, 3.63) is 28.8 Å². The Morgan fingerprint density at radius 2 is 2.16 bits per heavy atom. The second kappa shape index (κ2) is 6.85. The van der Waals surface area contributed by atoms with Crippen molar-refractivity contribution in [3.8, 4) is 0 Å². The normalized spacial score (nSPS) is 11.3. The summed E-state index contributed by atoms with van der Waals surface area (Å²) in [5.41, 5.74) is 5.40. The van der Waals surface area contributed by atoms with E-state index in [0.29, 0.717) is 13.0 Å². The average Bonchev–Trinajstić information content (AvgIpc) is 2.38. The largest absolute Gasteiger partial charge is 0.465 e. The number of benzene rings is 1. The van der Waals surface area contributed by atoms with Crippen LogP contribution >= 0.6 is 11.6 Å². The van der Waals surface area contributed by atoms with Crippen LogP contribution in [0.5, 0.6) is 0 Å². The summed E-state index contributed by atoms with van der Waals surface area (Å²) in [4.78, 5) is 11.3. The van der Waals surface area contributed by atoms with Crippen LogP contribution in [0.1, 0.15) is 16.8 Å². The number of ether oxygens (including phenoxy) is 1. The Bertz CT molecular complexity index is 560. The van der Waals surface area contributed by atoms with Gasteiger partial charge in [0.05, 0.1) is 22.6 Å². The number of nitrogens with two attached hydrogens (primary N) is 1. The van der Waals surface area contributed by atoms with Crippen LogP contribution in [-0.2, 0) is 14.8 Å². The first-order valence-corrected chi connectivity index (χ1v) is 7.36. The summed E-state index contributed by atoms with van der Waals surface area (Å²) in [7, 11) is -2.43. The maximum atomic E-state index is 11.9. The number of rotatable bonds is 6. The van der Waals surface area contributed by atoms with Crippen LogP contribution in [0.2, 0.25) is 5.02 Å². The molecule has 0 aliphatic rings. The summed E-state index contributed by atoms with van der Waals surface area (Å²) in [5.74, 6) is -0.620. The van der Waals surface area contributed by atoms with Gasteiger partial charge < -0.3 is 10.5 Å². The molecule has 0 fully saturated rings. The molecule has 19 heavy (non-hydrogen) atoms. The van der Waals surface area contributed by atoms with Gasteiger partial charge in [0.15, 0.2) is 0 Å². The number of esters is 1. The van der Waals surface area contributed by atoms with Gasteiger partial charge in [0.25, 0.3) is 0 Å². The maximum absolute atomic E-state index is 11.9. The Hall–Kier alpha value is -1.15. The Morgan fingerprint density at radius 3 is 2.68 bits per heavy atom. The van der Waals surface area contributed by atoms with Gasteiger partial charge in [-0.3, -0.25) is 0 Å². The molecule has 0 bridgehead atoms. The van der Waals surface area contributed by atoms with Gasteiger partial charge in [-0.1, -0.05) is 11.6 Å². The van der Waals surface area contributed by atoms with E-state index in [-0.39, 0.29) is 22.0 Å². The van der Waals surface area contributed by atoms with Crippen molar-refractivity contribution in [3.63, 3.8) is 0 Å². The van der Waals surface area contributed by atoms with Crippen molar-refractivity contribution in [2.75, 3.05) is 20.2 Å². The zero-order chi connectivity index (χ0) is 14.5. The molecule has 106 valence electrons. The van der Waals surface area contributed by atoms with Gasteiger partial charge in [-0.15, -0.1) is 0 Å². The van der Waals surface area contributed by atoms with E-state index in [0.717, 1.165) is 0 Å². The summed E-state index contributed by atoms with van der Waals surface area (Å²) in [6.07, 6.45) is 0.535. The fourth-order valence-electron chi connectivity index (χ4n) is 1.33. The Labute approximate surface area is 116 Å². The molecule has 1 rings (SSSR count). The third-order valence-electron chi connectivity index (χ3n) is 2.33. The molecule has 6 nitrogen and oxygen atoms in total. The lowest BCUT2D eigenvalue weighted by Crippen LogP contribution is -2.26. The van der Waals surface area contributed by atoms with E-state index < -0.39 is 16.0 Å². The summed E-state index contributed by atoms with van der Waals surface area (Å²) in [6, 6.07) is 3.81. The molecule has 1 aromatic carbocycles. The summed E-state index contributed by atoms with van der Waals surface area (Å²) in [6.45, 7) is 0.639. The molecule has 0 aliphatic carbocycles. The minimum atomic E-state index is -3.65. The van der Waals surface area contributed by atoms with Crippen molar-refractivity contribution in [2.24, 2.45) is 5.73 Å². The number of hydrogen-bond donors (Lipinski definition) is 2. The predicted octanol–water partition coefficient (Wildman–Crippen LogP) is 0.754. The van der Waals surface area contributed by atoms with E-state index >= 15 is 0 Å². The van der Waals surface area contributed by atoms with Crippen LogP contribution < -0.4 is 10.5 Å². The SMILES string of the molecule is COC(=O)c1ccc(S(=O)(=O)NCCCN)cc1Cl. The number of carbonyl (C=O) groups is 1. The molecule has 0 unspecified atom stereocenters. The molecule has 0 atom stereocenters. The van der Waals surface area contributed by atoms with Gasteiger partial charge >= 0.3 is 5.97 Å². The minimum Gasteiger partial charge on any atom is -0.465 e. The second-order valence-corrected chi connectivity index (χ2v) is 5.85. The van der Waals surface area contributed by atoms with Crippen LogP contribution in [-0.4, -0.2) is 34.6 Å². The van der Waals surface area contributed by atoms with E-state index in [1.54, 1.807) is 0 Å². The average molecular weight is 307 g/mol. The highest BCUT2D eigenvalue weighted by Gasteiger charge is 2.17. The van der Waals surface area contributed by atoms with E-state index in [9.17, 15) is 13.2 Å². The van der Waals surface area contributed by atoms with Crippen molar-refractivity contribution >= 4 is 27.6 Å². The lowest BCUT2D eigenvalue weighted by atomic mass is 10.2. The molecule has 8 heteroatoms. The van der Waals surface area contributed by atoms with Gasteiger partial charge in [0.2, 0.25) is 10.0 Å². The third-order valence-corrected chi connectivity index (χ3v) is 4.10. The van der Waals surface area contributed by atoms with Gasteiger partial charge in [-0.05, 0) is 31.2 Å². The monoisotopic (exact) mass is 306 g/mol. The molecule has 0 aromatic heterocycles. The van der Waals surface area contributed by atoms with Crippen molar-refractivity contribution in [1.82, 2.24) is 4.72 Å². The van der Waals surface area contributed by atoms with Gasteiger partial charge in [0, 0.05) is 6.54 Å². The summed E-state index contributed by atoms with van der Waals surface area (Å²) < 4.78 is 30.7. The first-order chi connectivity index (χ1) is 8.92. The lowest BCUT2D eigenvalue weighted by molar-refractivity contribution is 0.0601. The molecular weight excluding hydrogens is 292 g/mol. The van der Waals surface area contributed by atoms with E-state index in [4.69, 9.17) is 17.3 Å². The number of hydrogen-bond acceptors (Lipinski definition) is 5. The third kappa shape index (κ3) is 4.17. The molecule has 0 saturated heterocycles. The zero-order valence-corrected chi connectivity index (χ0v) is 11.9. The summed E-state index contributed by atoms with van der Waals surface area (Å²) >= 11 is 5.86. The fraction of sp³-hybridized carbons (Fsp3) is 0.364. The smallest absolute Gasteiger partial charge is 0.339 e. The number of carbonyl (C=O) groups excluding carboxylic acids is 1. The molecule has 0 saturated carbocycles. The van der Waals surface area contributed by atoms with Crippen LogP contribution in [0, 0.1) is 0 Å². The highest BCUT2D eigenvalue weighted by molar-refractivity contribution is 7.89. The Balaban J connectivity index is 2.97. The van der Waals surface area contributed by atoms with E-state index in [1.807, 2.05) is 0 Å². The highest BCUT2D eigenvalue weighted by Crippen LogP contribution is 2.21. The van der Waals surface area contributed by atoms with Crippen molar-refractivity contribution < 1.29 is 17.9 Å². The minimum absolute atomic E-state index is 0.0119. The van der Waals surface area contributed by atoms with Crippen LogP contribution in [0.3, 0.4) is 0 Å². The molecular formula is C11H15ClN2O4S. The zero-order valence-electron chi connectivity index (χ0n) is 10.3. The number of sulfonamides is 1. The number of methoxy groups -OCH3 is 1. The van der Waals surface area contributed by atoms with Gasteiger partial charge in [-0.2, -0.15) is 0 Å². The van der Waals surface area contributed by atoms with Gasteiger partial charge in [0.1, 0.15) is 0 Å². The van der Waals surface area contributed by atoms with Crippen LogP contribution in [0.15, 0.2) is 23.1 Å². The molecule has 0 spiro atoms. The molecule has 0 amide bonds. The first kappa shape index (κ1) is 15.9. The highest BCUT2D eigenvalue weighted by atomic mass is 35.5.